The van der Waals surface area contributed by atoms with Crippen LogP contribution in [0.3, 0.4) is 0 Å². The Morgan fingerprint density at radius 3 is 2.12 bits per heavy atom. The van der Waals surface area contributed by atoms with Crippen LogP contribution in [0.1, 0.15) is 72.3 Å². The molecular weight excluding hydrogens is 1000 g/mol. The van der Waals surface area contributed by atoms with Gasteiger partial charge in [0.15, 0.2) is 11.4 Å². The number of hydrogen-bond acceptors (Lipinski definition) is 13. The van der Waals surface area contributed by atoms with Gasteiger partial charge in [-0.3, -0.25) is 19.3 Å². The highest BCUT2D eigenvalue weighted by molar-refractivity contribution is 5.99. The number of carbonyl (C=O) groups is 2. The molecule has 3 aliphatic heterocycles. The largest absolute Gasteiger partial charge is 0.497 e. The first-order valence-corrected chi connectivity index (χ1v) is 25.2. The van der Waals surface area contributed by atoms with Crippen molar-refractivity contribution in [2.75, 3.05) is 48.1 Å². The maximum absolute atomic E-state index is 15.1. The average Bonchev–Trinajstić information content (AvgIpc) is 4.30. The summed E-state index contributed by atoms with van der Waals surface area (Å²) in [5, 5.41) is 14.7. The molecule has 0 unspecified atom stereocenters. The topological polar surface area (TPSA) is 172 Å². The van der Waals surface area contributed by atoms with Gasteiger partial charge in [0.1, 0.15) is 66.0 Å². The third-order valence-corrected chi connectivity index (χ3v) is 14.4. The Balaban J connectivity index is 1.07. The molecule has 0 saturated carbocycles. The van der Waals surface area contributed by atoms with Gasteiger partial charge in [-0.05, 0) is 77.1 Å². The molecule has 0 atom stereocenters. The number of fused-ring (bicyclic) bond motifs is 6. The maximum atomic E-state index is 15.1. The first kappa shape index (κ1) is 51.3. The summed E-state index contributed by atoms with van der Waals surface area (Å²) in [4.78, 5) is 37.2. The third kappa shape index (κ3) is 8.98. The lowest BCUT2D eigenvalue weighted by Crippen LogP contribution is -2.55. The van der Waals surface area contributed by atoms with E-state index in [-0.39, 0.29) is 42.8 Å². The molecule has 0 radical (unpaired) electrons. The predicted molar refractivity (Wildman–Crippen MR) is 284 cm³/mol. The molecule has 1 fully saturated rings. The normalized spacial score (nSPS) is 14.3. The zero-order valence-corrected chi connectivity index (χ0v) is 44.9. The van der Waals surface area contributed by atoms with Gasteiger partial charge in [0.05, 0.1) is 79.8 Å². The van der Waals surface area contributed by atoms with Crippen molar-refractivity contribution in [2.45, 2.75) is 65.5 Å². The van der Waals surface area contributed by atoms with Crippen LogP contribution < -0.4 is 28.4 Å². The van der Waals surface area contributed by atoms with Gasteiger partial charge in [-0.2, -0.15) is 15.3 Å². The van der Waals surface area contributed by atoms with Crippen LogP contribution in [0.4, 0.5) is 8.78 Å². The van der Waals surface area contributed by atoms with Gasteiger partial charge in [0, 0.05) is 102 Å². The number of methoxy groups -OCH3 is 3. The SMILES string of the molecule is COc1cc(OCc2c(OC)c(-c3ccn(C)n3)cc3c2OCc2c(C(=O)N(C)C(C)(C)C)nn(-c4cc(F)cc(F)c4)c2-3)cc(-n2nc(C(=O)N3CCOCC3(C)C)c3c2-c2cc(-c4ccccn4)c(OC)cc2OC3)c1. The minimum Gasteiger partial charge on any atom is -0.497 e. The fourth-order valence-electron chi connectivity index (χ4n) is 10.2. The van der Waals surface area contributed by atoms with E-state index in [1.807, 2.05) is 77.1 Å². The second kappa shape index (κ2) is 19.7. The molecule has 78 heavy (non-hydrogen) atoms. The smallest absolute Gasteiger partial charge is 0.275 e. The Hall–Kier alpha value is -8.78. The van der Waals surface area contributed by atoms with Crippen LogP contribution in [0.15, 0.2) is 91.3 Å². The number of aryl methyl sites for hydroxylation is 1. The van der Waals surface area contributed by atoms with E-state index in [4.69, 9.17) is 48.5 Å². The van der Waals surface area contributed by atoms with E-state index in [0.717, 1.165) is 18.2 Å². The standard InChI is InChI=1S/C58H57F2N9O9/c1-57(2,3)66(7)55(70)49-43-29-78-54-41(52(43)68(63-49)34-20-32(59)19-33(60)21-34)26-39(46-14-16-65(6)62-46)53(74-10)44(54)30-76-37-23-35(22-36(24-37)72-8)69-51-40-25-38(45-13-11-12-15-61-45)47(73-9)27-48(40)77-28-42(51)50(64-69)56(71)67-17-18-75-31-58(67,4)5/h11-16,19-27H,17-18,28-31H2,1-10H3. The predicted octanol–water partition coefficient (Wildman–Crippen LogP) is 9.64. The van der Waals surface area contributed by atoms with Crippen molar-refractivity contribution in [1.82, 2.24) is 44.1 Å². The summed E-state index contributed by atoms with van der Waals surface area (Å²) in [5.74, 6) is 0.133. The fourth-order valence-corrected chi connectivity index (χ4v) is 10.2. The zero-order chi connectivity index (χ0) is 54.9. The molecule has 2 amide bonds. The van der Waals surface area contributed by atoms with Crippen LogP contribution in [0.25, 0.3) is 56.4 Å². The Morgan fingerprint density at radius 2 is 1.45 bits per heavy atom. The summed E-state index contributed by atoms with van der Waals surface area (Å²) < 4.78 is 78.8. The van der Waals surface area contributed by atoms with Crippen molar-refractivity contribution in [2.24, 2.45) is 7.05 Å². The van der Waals surface area contributed by atoms with Crippen molar-refractivity contribution in [1.29, 1.82) is 0 Å². The van der Waals surface area contributed by atoms with Crippen LogP contribution in [-0.4, -0.2) is 115 Å². The van der Waals surface area contributed by atoms with Crippen LogP contribution in [-0.2, 0) is 31.6 Å². The molecular formula is C58H57F2N9O9. The third-order valence-electron chi connectivity index (χ3n) is 14.4. The van der Waals surface area contributed by atoms with E-state index in [9.17, 15) is 9.59 Å². The van der Waals surface area contributed by atoms with Gasteiger partial charge in [-0.25, -0.2) is 18.1 Å². The highest BCUT2D eigenvalue weighted by Gasteiger charge is 2.41. The van der Waals surface area contributed by atoms with Crippen molar-refractivity contribution in [3.05, 3.63) is 131 Å². The number of morpholine rings is 1. The van der Waals surface area contributed by atoms with Crippen molar-refractivity contribution in [3.8, 4) is 90.9 Å². The molecule has 7 heterocycles. The van der Waals surface area contributed by atoms with Gasteiger partial charge < -0.3 is 43.0 Å². The second-order valence-corrected chi connectivity index (χ2v) is 20.8. The monoisotopic (exact) mass is 1060 g/mol. The molecule has 4 aromatic carbocycles. The number of amides is 2. The summed E-state index contributed by atoms with van der Waals surface area (Å²) in [6.07, 6.45) is 3.50. The van der Waals surface area contributed by atoms with Gasteiger partial charge >= 0.3 is 0 Å². The maximum Gasteiger partial charge on any atom is 0.275 e. The van der Waals surface area contributed by atoms with E-state index in [1.165, 1.54) is 11.8 Å². The Kier molecular flexibility index (Phi) is 12.9. The van der Waals surface area contributed by atoms with Crippen LogP contribution in [0, 0.1) is 11.6 Å². The van der Waals surface area contributed by atoms with Crippen LogP contribution in [0.5, 0.6) is 34.5 Å². The fraction of sp³-hybridized carbons (Fsp3) is 0.310. The molecule has 20 heteroatoms. The van der Waals surface area contributed by atoms with E-state index < -0.39 is 28.6 Å². The van der Waals surface area contributed by atoms with Crippen LogP contribution in [0.2, 0.25) is 0 Å². The molecule has 18 nitrogen and oxygen atoms in total. The molecule has 4 aromatic heterocycles. The number of halogens is 2. The number of ether oxygens (including phenoxy) is 7. The van der Waals surface area contributed by atoms with E-state index in [0.29, 0.717) is 122 Å². The summed E-state index contributed by atoms with van der Waals surface area (Å²) in [6.45, 7) is 10.4. The first-order chi connectivity index (χ1) is 37.4. The summed E-state index contributed by atoms with van der Waals surface area (Å²) >= 11 is 0. The molecule has 1 saturated heterocycles. The lowest BCUT2D eigenvalue weighted by Gasteiger charge is -2.41. The molecule has 0 aliphatic carbocycles. The lowest BCUT2D eigenvalue weighted by atomic mass is 9.94. The number of carbonyl (C=O) groups excluding carboxylic acids is 2. The lowest BCUT2D eigenvalue weighted by molar-refractivity contribution is -0.0374. The molecule has 8 aromatic rings. The first-order valence-electron chi connectivity index (χ1n) is 25.2. The van der Waals surface area contributed by atoms with Crippen molar-refractivity contribution < 1.29 is 51.5 Å². The van der Waals surface area contributed by atoms with Crippen LogP contribution >= 0.6 is 0 Å². The minimum atomic E-state index is -0.830. The average molecular weight is 1060 g/mol. The van der Waals surface area contributed by atoms with E-state index >= 15 is 8.78 Å². The molecule has 11 rings (SSSR count). The number of rotatable bonds is 12. The number of pyridine rings is 1. The molecule has 402 valence electrons. The number of benzene rings is 4. The van der Waals surface area contributed by atoms with E-state index in [1.54, 1.807) is 78.1 Å². The highest BCUT2D eigenvalue weighted by Crippen LogP contribution is 2.51. The highest BCUT2D eigenvalue weighted by atomic mass is 19.1. The van der Waals surface area contributed by atoms with Crippen molar-refractivity contribution >= 4 is 11.8 Å². The van der Waals surface area contributed by atoms with Crippen molar-refractivity contribution in [3.63, 3.8) is 0 Å². The molecule has 3 aliphatic rings. The summed E-state index contributed by atoms with van der Waals surface area (Å²) in [6, 6.07) is 21.4. The Bertz CT molecular complexity index is 3670. The molecule has 0 spiro atoms. The van der Waals surface area contributed by atoms with Gasteiger partial charge in [0.25, 0.3) is 11.8 Å². The molecule has 0 N–H and O–H groups in total. The minimum absolute atomic E-state index is 0.0306. The summed E-state index contributed by atoms with van der Waals surface area (Å²) in [5.41, 5.74) is 5.47. The van der Waals surface area contributed by atoms with Gasteiger partial charge in [-0.1, -0.05) is 6.07 Å². The van der Waals surface area contributed by atoms with Gasteiger partial charge in [-0.15, -0.1) is 0 Å². The zero-order valence-electron chi connectivity index (χ0n) is 44.9. The Morgan fingerprint density at radius 1 is 0.756 bits per heavy atom. The second-order valence-electron chi connectivity index (χ2n) is 20.8. The molecule has 0 bridgehead atoms. The number of hydrogen-bond donors (Lipinski definition) is 0. The Labute approximate surface area is 448 Å². The summed E-state index contributed by atoms with van der Waals surface area (Å²) in [7, 11) is 8.12. The quantitative estimate of drug-likeness (QED) is 0.113. The number of nitrogens with zero attached hydrogens (tertiary/aromatic N) is 9. The van der Waals surface area contributed by atoms with E-state index in [2.05, 4.69) is 4.98 Å². The van der Waals surface area contributed by atoms with Gasteiger partial charge in [0.2, 0.25) is 0 Å². The number of aromatic nitrogens is 7.